The van der Waals surface area contributed by atoms with Gasteiger partial charge in [0.15, 0.2) is 0 Å². The number of carboxylic acid groups (broad SMARTS) is 1. The number of para-hydroxylation sites is 1. The third-order valence-corrected chi connectivity index (χ3v) is 5.72. The van der Waals surface area contributed by atoms with E-state index in [9.17, 15) is 24.0 Å². The average molecular weight is 473 g/mol. The molecule has 3 unspecified atom stereocenters. The third kappa shape index (κ3) is 5.90. The predicted molar refractivity (Wildman–Crippen MR) is 121 cm³/mol. The number of nitrogens with two attached hydrogens (primary N) is 2. The van der Waals surface area contributed by atoms with Crippen LogP contribution in [0.5, 0.6) is 0 Å². The van der Waals surface area contributed by atoms with E-state index in [1.54, 1.807) is 6.20 Å². The minimum absolute atomic E-state index is 0.192. The molecule has 1 aliphatic rings. The Morgan fingerprint density at radius 1 is 1.21 bits per heavy atom. The van der Waals surface area contributed by atoms with Crippen LogP contribution in [-0.2, 0) is 30.4 Å². The molecule has 2 heterocycles. The first-order chi connectivity index (χ1) is 16.2. The first-order valence-electron chi connectivity index (χ1n) is 10.9. The number of aromatic amines is 1. The number of H-pyrrole nitrogens is 1. The summed E-state index contributed by atoms with van der Waals surface area (Å²) >= 11 is 0. The lowest BCUT2D eigenvalue weighted by molar-refractivity contribution is -0.143. The Labute approximate surface area is 195 Å². The number of likely N-dealkylation sites (tertiary alicyclic amines) is 1. The van der Waals surface area contributed by atoms with Gasteiger partial charge in [-0.3, -0.25) is 24.0 Å². The fourth-order valence-electron chi connectivity index (χ4n) is 4.09. The number of nitrogens with one attached hydrogen (secondary N) is 3. The van der Waals surface area contributed by atoms with Crippen LogP contribution in [0, 0.1) is 0 Å². The van der Waals surface area contributed by atoms with Crippen molar-refractivity contribution in [2.45, 2.75) is 43.8 Å². The molecule has 1 aliphatic heterocycles. The zero-order valence-corrected chi connectivity index (χ0v) is 18.5. The van der Waals surface area contributed by atoms with Crippen molar-refractivity contribution >= 4 is 40.5 Å². The maximum Gasteiger partial charge on any atom is 0.322 e. The molecular formula is C22H28N6O6. The van der Waals surface area contributed by atoms with Gasteiger partial charge in [0.2, 0.25) is 23.6 Å². The van der Waals surface area contributed by atoms with Crippen molar-refractivity contribution in [3.8, 4) is 0 Å². The van der Waals surface area contributed by atoms with Crippen LogP contribution >= 0.6 is 0 Å². The standard InChI is InChI=1S/C22H28N6O6/c23-14(8-12-10-25-15-5-2-1-4-13(12)15)20(32)27-16(9-18(24)29)22(34)28-7-3-6-17(28)21(33)26-11-19(30)31/h1-2,4-5,10,14,16-17,25H,3,6-9,11,23H2,(H2,24,29)(H,26,33)(H,27,32)(H,30,31). The van der Waals surface area contributed by atoms with E-state index in [2.05, 4.69) is 15.6 Å². The second-order valence-corrected chi connectivity index (χ2v) is 8.20. The Morgan fingerprint density at radius 3 is 2.65 bits per heavy atom. The monoisotopic (exact) mass is 472 g/mol. The molecule has 0 spiro atoms. The molecule has 12 heteroatoms. The molecule has 12 nitrogen and oxygen atoms in total. The van der Waals surface area contributed by atoms with Crippen molar-refractivity contribution < 1.29 is 29.1 Å². The summed E-state index contributed by atoms with van der Waals surface area (Å²) in [5, 5.41) is 14.4. The van der Waals surface area contributed by atoms with Crippen LogP contribution in [0.4, 0.5) is 0 Å². The zero-order valence-electron chi connectivity index (χ0n) is 18.5. The summed E-state index contributed by atoms with van der Waals surface area (Å²) in [7, 11) is 0. The van der Waals surface area contributed by atoms with Crippen LogP contribution in [-0.4, -0.2) is 75.8 Å². The summed E-state index contributed by atoms with van der Waals surface area (Å²) < 4.78 is 0. The van der Waals surface area contributed by atoms with E-state index < -0.39 is 60.7 Å². The number of hydrogen-bond acceptors (Lipinski definition) is 6. The van der Waals surface area contributed by atoms with Crippen molar-refractivity contribution in [2.24, 2.45) is 11.5 Å². The summed E-state index contributed by atoms with van der Waals surface area (Å²) in [6.45, 7) is -0.363. The van der Waals surface area contributed by atoms with Crippen molar-refractivity contribution in [1.82, 2.24) is 20.5 Å². The Morgan fingerprint density at radius 2 is 1.94 bits per heavy atom. The van der Waals surface area contributed by atoms with Crippen molar-refractivity contribution in [3.63, 3.8) is 0 Å². The van der Waals surface area contributed by atoms with Gasteiger partial charge in [-0.25, -0.2) is 0 Å². The van der Waals surface area contributed by atoms with Gasteiger partial charge in [-0.15, -0.1) is 0 Å². The van der Waals surface area contributed by atoms with Crippen LogP contribution in [0.3, 0.4) is 0 Å². The highest BCUT2D eigenvalue weighted by Crippen LogP contribution is 2.20. The first kappa shape index (κ1) is 24.7. The molecule has 1 aromatic heterocycles. The quantitative estimate of drug-likeness (QED) is 0.244. The van der Waals surface area contributed by atoms with Gasteiger partial charge in [0.05, 0.1) is 12.5 Å². The van der Waals surface area contributed by atoms with Crippen molar-refractivity contribution in [1.29, 1.82) is 0 Å². The van der Waals surface area contributed by atoms with Gasteiger partial charge in [0, 0.05) is 23.6 Å². The lowest BCUT2D eigenvalue weighted by atomic mass is 10.0. The minimum Gasteiger partial charge on any atom is -0.480 e. The molecule has 2 aromatic rings. The number of aromatic nitrogens is 1. The Hall–Kier alpha value is -3.93. The van der Waals surface area contributed by atoms with Crippen LogP contribution in [0.2, 0.25) is 0 Å². The number of amides is 4. The highest BCUT2D eigenvalue weighted by Gasteiger charge is 2.38. The fraction of sp³-hybridized carbons (Fsp3) is 0.409. The molecule has 1 saturated heterocycles. The van der Waals surface area contributed by atoms with E-state index in [-0.39, 0.29) is 13.0 Å². The van der Waals surface area contributed by atoms with Gasteiger partial charge in [-0.2, -0.15) is 0 Å². The third-order valence-electron chi connectivity index (χ3n) is 5.72. The van der Waals surface area contributed by atoms with E-state index in [0.717, 1.165) is 16.5 Å². The van der Waals surface area contributed by atoms with E-state index in [4.69, 9.17) is 16.6 Å². The fourth-order valence-corrected chi connectivity index (χ4v) is 4.09. The first-order valence-corrected chi connectivity index (χ1v) is 10.9. The van der Waals surface area contributed by atoms with Gasteiger partial charge in [-0.05, 0) is 30.9 Å². The number of fused-ring (bicyclic) bond motifs is 1. The number of carbonyl (C=O) groups is 5. The van der Waals surface area contributed by atoms with Gasteiger partial charge >= 0.3 is 5.97 Å². The highest BCUT2D eigenvalue weighted by atomic mass is 16.4. The van der Waals surface area contributed by atoms with Crippen molar-refractivity contribution in [2.75, 3.05) is 13.1 Å². The van der Waals surface area contributed by atoms with Crippen LogP contribution in [0.25, 0.3) is 10.9 Å². The summed E-state index contributed by atoms with van der Waals surface area (Å²) in [4.78, 5) is 65.0. The number of hydrogen-bond donors (Lipinski definition) is 6. The summed E-state index contributed by atoms with van der Waals surface area (Å²) in [6, 6.07) is 4.33. The molecule has 0 aliphatic carbocycles. The maximum atomic E-state index is 13.1. The molecule has 3 rings (SSSR count). The molecule has 34 heavy (non-hydrogen) atoms. The maximum absolute atomic E-state index is 13.1. The molecule has 182 valence electrons. The van der Waals surface area contributed by atoms with Gasteiger partial charge < -0.3 is 37.1 Å². The number of carbonyl (C=O) groups excluding carboxylic acids is 4. The number of rotatable bonds is 10. The topological polar surface area (TPSA) is 201 Å². The summed E-state index contributed by atoms with van der Waals surface area (Å²) in [5.41, 5.74) is 13.1. The van der Waals surface area contributed by atoms with Crippen LogP contribution in [0.1, 0.15) is 24.8 Å². The number of nitrogens with zero attached hydrogens (tertiary/aromatic N) is 1. The molecular weight excluding hydrogens is 444 g/mol. The molecule has 1 fully saturated rings. The van der Waals surface area contributed by atoms with E-state index >= 15 is 0 Å². The highest BCUT2D eigenvalue weighted by molar-refractivity contribution is 5.96. The largest absolute Gasteiger partial charge is 0.480 e. The molecule has 0 radical (unpaired) electrons. The van der Waals surface area contributed by atoms with Gasteiger partial charge in [-0.1, -0.05) is 18.2 Å². The van der Waals surface area contributed by atoms with E-state index in [1.807, 2.05) is 24.3 Å². The molecule has 4 amide bonds. The molecule has 8 N–H and O–H groups in total. The lowest BCUT2D eigenvalue weighted by Crippen LogP contribution is -2.56. The summed E-state index contributed by atoms with van der Waals surface area (Å²) in [6.07, 6.45) is 2.32. The van der Waals surface area contributed by atoms with Crippen molar-refractivity contribution in [3.05, 3.63) is 36.0 Å². The van der Waals surface area contributed by atoms with Gasteiger partial charge in [0.1, 0.15) is 18.6 Å². The van der Waals surface area contributed by atoms with Crippen LogP contribution in [0.15, 0.2) is 30.5 Å². The molecule has 0 bridgehead atoms. The SMILES string of the molecule is NC(=O)CC(NC(=O)C(N)Cc1c[nH]c2ccccc12)C(=O)N1CCCC1C(=O)NCC(=O)O. The van der Waals surface area contributed by atoms with E-state index in [1.165, 1.54) is 4.90 Å². The number of carboxylic acids is 1. The van der Waals surface area contributed by atoms with E-state index in [0.29, 0.717) is 12.8 Å². The normalized spacial score (nSPS) is 17.2. The second-order valence-electron chi connectivity index (χ2n) is 8.20. The lowest BCUT2D eigenvalue weighted by Gasteiger charge is -2.28. The van der Waals surface area contributed by atoms with Crippen LogP contribution < -0.4 is 22.1 Å². The zero-order chi connectivity index (χ0) is 24.8. The number of aliphatic carboxylic acids is 1. The minimum atomic E-state index is -1.30. The Bertz CT molecular complexity index is 1100. The molecule has 0 saturated carbocycles. The number of benzene rings is 1. The smallest absolute Gasteiger partial charge is 0.322 e. The second kappa shape index (κ2) is 10.8. The summed E-state index contributed by atoms with van der Waals surface area (Å²) in [5.74, 6) is -3.94. The predicted octanol–water partition coefficient (Wildman–Crippen LogP) is -1.41. The average Bonchev–Trinajstić information content (AvgIpc) is 3.44. The van der Waals surface area contributed by atoms with Gasteiger partial charge in [0.25, 0.3) is 0 Å². The molecule has 1 aromatic carbocycles. The Balaban J connectivity index is 1.68. The Kier molecular flexibility index (Phi) is 7.84. The molecule has 3 atom stereocenters. The number of primary amides is 1.